The molecule has 1 heteroatoms. The summed E-state index contributed by atoms with van der Waals surface area (Å²) in [5.41, 5.74) is 12.8. The van der Waals surface area contributed by atoms with E-state index in [0.29, 0.717) is 0 Å². The second-order valence-corrected chi connectivity index (χ2v) is 12.1. The molecule has 0 saturated carbocycles. The molecule has 9 rings (SSSR count). The van der Waals surface area contributed by atoms with Gasteiger partial charge in [-0.3, -0.25) is 0 Å². The van der Waals surface area contributed by atoms with Crippen LogP contribution in [0.5, 0.6) is 11.5 Å². The summed E-state index contributed by atoms with van der Waals surface area (Å²) in [6.45, 7) is 4.78. The molecule has 1 nitrogen and oxygen atoms in total. The molecule has 0 saturated heterocycles. The smallest absolute Gasteiger partial charge is 0.135 e. The number of hydrogen-bond acceptors (Lipinski definition) is 1. The predicted octanol–water partition coefficient (Wildman–Crippen LogP) is 11.4. The van der Waals surface area contributed by atoms with Crippen molar-refractivity contribution in [2.45, 2.75) is 19.3 Å². The molecular weight excluding hydrogens is 508 g/mol. The minimum Gasteiger partial charge on any atom is -0.456 e. The van der Waals surface area contributed by atoms with Crippen LogP contribution >= 0.6 is 0 Å². The van der Waals surface area contributed by atoms with Crippen LogP contribution in [0, 0.1) is 0 Å². The molecule has 1 aliphatic carbocycles. The molecule has 0 atom stereocenters. The van der Waals surface area contributed by atoms with Crippen LogP contribution in [-0.4, -0.2) is 0 Å². The maximum Gasteiger partial charge on any atom is 0.135 e. The van der Waals surface area contributed by atoms with Gasteiger partial charge < -0.3 is 4.74 Å². The van der Waals surface area contributed by atoms with Crippen molar-refractivity contribution < 1.29 is 4.74 Å². The largest absolute Gasteiger partial charge is 0.456 e. The van der Waals surface area contributed by atoms with E-state index in [0.717, 1.165) is 17.1 Å². The third-order valence-corrected chi connectivity index (χ3v) is 9.41. The van der Waals surface area contributed by atoms with Crippen LogP contribution in [-0.2, 0) is 5.41 Å². The predicted molar refractivity (Wildman–Crippen MR) is 175 cm³/mol. The zero-order chi connectivity index (χ0) is 28.0. The van der Waals surface area contributed by atoms with Crippen molar-refractivity contribution in [2.75, 3.05) is 0 Å². The lowest BCUT2D eigenvalue weighted by atomic mass is 9.78. The molecule has 7 aromatic carbocycles. The first-order chi connectivity index (χ1) is 20.6. The molecule has 1 heterocycles. The van der Waals surface area contributed by atoms with Crippen molar-refractivity contribution in [3.63, 3.8) is 0 Å². The van der Waals surface area contributed by atoms with Crippen LogP contribution < -0.4 is 4.74 Å². The Balaban J connectivity index is 1.25. The third-order valence-electron chi connectivity index (χ3n) is 9.41. The lowest BCUT2D eigenvalue weighted by Crippen LogP contribution is -2.15. The number of rotatable bonds is 2. The van der Waals surface area contributed by atoms with E-state index in [1.54, 1.807) is 0 Å². The summed E-state index contributed by atoms with van der Waals surface area (Å²) in [6, 6.07) is 48.6. The maximum absolute atomic E-state index is 6.39. The van der Waals surface area contributed by atoms with Crippen molar-refractivity contribution in [3.8, 4) is 56.0 Å². The molecule has 198 valence electrons. The summed E-state index contributed by atoms with van der Waals surface area (Å²) < 4.78 is 6.39. The van der Waals surface area contributed by atoms with Crippen molar-refractivity contribution in [2.24, 2.45) is 0 Å². The van der Waals surface area contributed by atoms with E-state index in [9.17, 15) is 0 Å². The van der Waals surface area contributed by atoms with Crippen LogP contribution in [0.4, 0.5) is 0 Å². The lowest BCUT2D eigenvalue weighted by Gasteiger charge is -2.24. The zero-order valence-corrected chi connectivity index (χ0v) is 23.6. The molecule has 7 aromatic rings. The highest BCUT2D eigenvalue weighted by atomic mass is 16.5. The van der Waals surface area contributed by atoms with Crippen molar-refractivity contribution in [1.29, 1.82) is 0 Å². The summed E-state index contributed by atoms with van der Waals surface area (Å²) in [7, 11) is 0. The molecule has 2 aliphatic rings. The highest BCUT2D eigenvalue weighted by molar-refractivity contribution is 6.06. The molecule has 0 unspecified atom stereocenters. The Kier molecular flexibility index (Phi) is 4.73. The van der Waals surface area contributed by atoms with Gasteiger partial charge in [-0.05, 0) is 96.6 Å². The van der Waals surface area contributed by atoms with Gasteiger partial charge in [-0.2, -0.15) is 0 Å². The summed E-state index contributed by atoms with van der Waals surface area (Å²) in [5.74, 6) is 1.85. The third kappa shape index (κ3) is 3.19. The normalized spacial score (nSPS) is 13.9. The van der Waals surface area contributed by atoms with Gasteiger partial charge in [-0.15, -0.1) is 0 Å². The first-order valence-corrected chi connectivity index (χ1v) is 14.7. The van der Waals surface area contributed by atoms with E-state index in [4.69, 9.17) is 4.74 Å². The van der Waals surface area contributed by atoms with Gasteiger partial charge in [0.2, 0.25) is 0 Å². The molecule has 0 N–H and O–H groups in total. The summed E-state index contributed by atoms with van der Waals surface area (Å²) in [4.78, 5) is 0. The van der Waals surface area contributed by atoms with E-state index in [1.165, 1.54) is 71.6 Å². The fourth-order valence-corrected chi connectivity index (χ4v) is 7.46. The number of benzene rings is 7. The fraction of sp³-hybridized carbons (Fsp3) is 0.0732. The number of fused-ring (bicyclic) bond motifs is 7. The van der Waals surface area contributed by atoms with E-state index < -0.39 is 0 Å². The van der Waals surface area contributed by atoms with Crippen LogP contribution in [0.25, 0.3) is 66.1 Å². The van der Waals surface area contributed by atoms with Gasteiger partial charge in [0.25, 0.3) is 0 Å². The van der Waals surface area contributed by atoms with Crippen molar-refractivity contribution >= 4 is 21.5 Å². The molecular formula is C41H28O. The second-order valence-electron chi connectivity index (χ2n) is 12.1. The van der Waals surface area contributed by atoms with Gasteiger partial charge in [0.15, 0.2) is 0 Å². The monoisotopic (exact) mass is 536 g/mol. The Hall–Kier alpha value is -5.14. The van der Waals surface area contributed by atoms with Gasteiger partial charge in [0.1, 0.15) is 11.5 Å². The zero-order valence-electron chi connectivity index (χ0n) is 23.6. The van der Waals surface area contributed by atoms with E-state index in [1.807, 2.05) is 0 Å². The Morgan fingerprint density at radius 3 is 2.10 bits per heavy atom. The Morgan fingerprint density at radius 1 is 0.476 bits per heavy atom. The average molecular weight is 537 g/mol. The van der Waals surface area contributed by atoms with E-state index in [2.05, 4.69) is 147 Å². The van der Waals surface area contributed by atoms with E-state index >= 15 is 0 Å². The van der Waals surface area contributed by atoms with Crippen LogP contribution in [0.1, 0.15) is 25.0 Å². The van der Waals surface area contributed by atoms with Gasteiger partial charge in [0.05, 0.1) is 0 Å². The first-order valence-electron chi connectivity index (χ1n) is 14.7. The van der Waals surface area contributed by atoms with Crippen LogP contribution in [0.15, 0.2) is 133 Å². The molecule has 0 radical (unpaired) electrons. The van der Waals surface area contributed by atoms with E-state index in [-0.39, 0.29) is 5.41 Å². The van der Waals surface area contributed by atoms with Crippen molar-refractivity contribution in [3.05, 3.63) is 145 Å². The summed E-state index contributed by atoms with van der Waals surface area (Å²) >= 11 is 0. The molecule has 0 amide bonds. The minimum absolute atomic E-state index is 0.146. The quantitative estimate of drug-likeness (QED) is 0.213. The SMILES string of the molecule is CC1(C)c2cc(-c3ccc4c(c3)-c3cccc5cccc(c35)O4)ccc2-c2c(-c3ccccc3)cc3ccccc3c21. The van der Waals surface area contributed by atoms with Gasteiger partial charge >= 0.3 is 0 Å². The van der Waals surface area contributed by atoms with Gasteiger partial charge in [-0.1, -0.05) is 117 Å². The minimum atomic E-state index is -0.146. The Labute approximate surface area is 245 Å². The molecule has 42 heavy (non-hydrogen) atoms. The number of hydrogen-bond donors (Lipinski definition) is 0. The highest BCUT2D eigenvalue weighted by Gasteiger charge is 2.39. The molecule has 0 fully saturated rings. The topological polar surface area (TPSA) is 9.23 Å². The van der Waals surface area contributed by atoms with Crippen LogP contribution in [0.2, 0.25) is 0 Å². The Bertz CT molecular complexity index is 2230. The molecule has 0 aromatic heterocycles. The highest BCUT2D eigenvalue weighted by Crippen LogP contribution is 2.56. The average Bonchev–Trinajstić information content (AvgIpc) is 3.28. The molecule has 0 bridgehead atoms. The molecule has 0 spiro atoms. The second kappa shape index (κ2) is 8.44. The van der Waals surface area contributed by atoms with Crippen molar-refractivity contribution in [1.82, 2.24) is 0 Å². The van der Waals surface area contributed by atoms with Gasteiger partial charge in [0, 0.05) is 16.4 Å². The summed E-state index contributed by atoms with van der Waals surface area (Å²) in [5, 5.41) is 5.03. The van der Waals surface area contributed by atoms with Gasteiger partial charge in [-0.25, -0.2) is 0 Å². The standard InChI is InChI=1S/C41H28O/c1-41(2)35-24-28(27-19-21-36-34(22-27)31-16-8-13-26-14-9-17-37(42-36)38(26)31)18-20-32(35)39-33(25-10-4-3-5-11-25)23-29-12-6-7-15-30(29)40(39)41/h3-24H,1-2H3. The Morgan fingerprint density at radius 2 is 1.21 bits per heavy atom. The lowest BCUT2D eigenvalue weighted by molar-refractivity contribution is 0.487. The maximum atomic E-state index is 6.39. The first kappa shape index (κ1) is 23.6. The molecule has 1 aliphatic heterocycles. The van der Waals surface area contributed by atoms with Crippen LogP contribution in [0.3, 0.4) is 0 Å². The number of ether oxygens (including phenoxy) is 1. The fourth-order valence-electron chi connectivity index (χ4n) is 7.46. The summed E-state index contributed by atoms with van der Waals surface area (Å²) in [6.07, 6.45) is 0.